The first kappa shape index (κ1) is 28.8. The van der Waals surface area contributed by atoms with Gasteiger partial charge in [-0.1, -0.05) is 41.4 Å². The summed E-state index contributed by atoms with van der Waals surface area (Å²) in [6.07, 6.45) is 1.44. The second-order valence-corrected chi connectivity index (χ2v) is 11.4. The number of benzene rings is 3. The summed E-state index contributed by atoms with van der Waals surface area (Å²) < 4.78 is 29.6. The average molecular weight is 600 g/mol. The topological polar surface area (TPSA) is 127 Å². The normalized spacial score (nSPS) is 11.5. The van der Waals surface area contributed by atoms with Crippen molar-refractivity contribution >= 4 is 56.7 Å². The monoisotopic (exact) mass is 599 g/mol. The Kier molecular flexibility index (Phi) is 8.58. The summed E-state index contributed by atoms with van der Waals surface area (Å²) in [5.41, 5.74) is 5.25. The van der Waals surface area contributed by atoms with Gasteiger partial charge in [0.25, 0.3) is 21.6 Å². The highest BCUT2D eigenvalue weighted by Crippen LogP contribution is 2.29. The van der Waals surface area contributed by atoms with Crippen LogP contribution in [0, 0.1) is 24.0 Å². The summed E-state index contributed by atoms with van der Waals surface area (Å²) in [4.78, 5) is 23.3. The van der Waals surface area contributed by atoms with Gasteiger partial charge < -0.3 is 4.57 Å². The van der Waals surface area contributed by atoms with Gasteiger partial charge >= 0.3 is 0 Å². The second kappa shape index (κ2) is 11.9. The molecule has 0 fully saturated rings. The largest absolute Gasteiger partial charge is 0.316 e. The number of nitro groups is 1. The Morgan fingerprint density at radius 3 is 2.38 bits per heavy atom. The van der Waals surface area contributed by atoms with Gasteiger partial charge in [0.2, 0.25) is 0 Å². The molecule has 0 bridgehead atoms. The molecule has 4 aromatic rings. The number of nitrogens with zero attached hydrogens (tertiary/aromatic N) is 4. The summed E-state index contributed by atoms with van der Waals surface area (Å²) in [6.45, 7) is 3.12. The van der Waals surface area contributed by atoms with Crippen LogP contribution in [0.4, 0.5) is 11.4 Å². The fraction of sp³-hybridized carbons (Fsp3) is 0.111. The van der Waals surface area contributed by atoms with Gasteiger partial charge in [-0.2, -0.15) is 5.10 Å². The van der Waals surface area contributed by atoms with Crippen LogP contribution in [0.25, 0.3) is 5.69 Å². The lowest BCUT2D eigenvalue weighted by atomic mass is 10.2. The number of nitrogens with one attached hydrogen (secondary N) is 1. The van der Waals surface area contributed by atoms with Crippen molar-refractivity contribution in [1.29, 1.82) is 0 Å². The maximum Gasteiger partial charge on any atom is 0.269 e. The number of amides is 1. The molecule has 0 atom stereocenters. The highest BCUT2D eigenvalue weighted by Gasteiger charge is 2.27. The molecule has 0 unspecified atom stereocenters. The van der Waals surface area contributed by atoms with Crippen LogP contribution in [0.5, 0.6) is 0 Å². The van der Waals surface area contributed by atoms with E-state index in [-0.39, 0.29) is 16.3 Å². The van der Waals surface area contributed by atoms with E-state index in [9.17, 15) is 23.3 Å². The van der Waals surface area contributed by atoms with Gasteiger partial charge in [-0.25, -0.2) is 13.8 Å². The van der Waals surface area contributed by atoms with E-state index in [4.69, 9.17) is 23.2 Å². The van der Waals surface area contributed by atoms with Crippen LogP contribution in [0.15, 0.2) is 88.9 Å². The van der Waals surface area contributed by atoms with Crippen LogP contribution < -0.4 is 9.73 Å². The summed E-state index contributed by atoms with van der Waals surface area (Å²) in [5, 5.41) is 16.1. The van der Waals surface area contributed by atoms with Crippen molar-refractivity contribution in [1.82, 2.24) is 9.99 Å². The van der Waals surface area contributed by atoms with Crippen molar-refractivity contribution in [2.75, 3.05) is 10.8 Å². The van der Waals surface area contributed by atoms with Crippen molar-refractivity contribution in [2.24, 2.45) is 5.10 Å². The third-order valence-electron chi connectivity index (χ3n) is 5.98. The number of rotatable bonds is 9. The number of non-ortho nitro benzene ring substituents is 1. The lowest BCUT2D eigenvalue weighted by Gasteiger charge is -2.23. The molecule has 0 aliphatic carbocycles. The minimum absolute atomic E-state index is 0.0447. The molecule has 1 aromatic heterocycles. The molecule has 3 aromatic carbocycles. The number of sulfonamides is 1. The van der Waals surface area contributed by atoms with Crippen molar-refractivity contribution in [2.45, 2.75) is 18.7 Å². The summed E-state index contributed by atoms with van der Waals surface area (Å²) in [7, 11) is -4.18. The molecule has 0 aliphatic rings. The Morgan fingerprint density at radius 2 is 1.73 bits per heavy atom. The maximum atomic E-state index is 13.4. The Morgan fingerprint density at radius 1 is 1.05 bits per heavy atom. The minimum Gasteiger partial charge on any atom is -0.316 e. The van der Waals surface area contributed by atoms with Crippen LogP contribution in [-0.2, 0) is 14.8 Å². The van der Waals surface area contributed by atoms with Gasteiger partial charge in [0.15, 0.2) is 0 Å². The van der Waals surface area contributed by atoms with Crippen LogP contribution in [-0.4, -0.2) is 36.6 Å². The Hall–Kier alpha value is -4.19. The van der Waals surface area contributed by atoms with Gasteiger partial charge in [-0.05, 0) is 62.4 Å². The smallest absolute Gasteiger partial charge is 0.269 e. The third-order valence-corrected chi connectivity index (χ3v) is 8.32. The van der Waals surface area contributed by atoms with Crippen LogP contribution >= 0.6 is 23.2 Å². The number of halogens is 2. The van der Waals surface area contributed by atoms with Crippen LogP contribution in [0.2, 0.25) is 10.0 Å². The molecule has 13 heteroatoms. The molecule has 10 nitrogen and oxygen atoms in total. The molecule has 0 radical (unpaired) electrons. The molecular formula is C27H23Cl2N5O5S. The molecular weight excluding hydrogens is 577 g/mol. The molecule has 0 aliphatic heterocycles. The number of hydrazone groups is 1. The van der Waals surface area contributed by atoms with Gasteiger partial charge in [-0.15, -0.1) is 0 Å². The number of carbonyl (C=O) groups excluding carboxylic acids is 1. The van der Waals surface area contributed by atoms with E-state index < -0.39 is 27.4 Å². The zero-order valence-electron chi connectivity index (χ0n) is 21.3. The highest BCUT2D eigenvalue weighted by atomic mass is 35.5. The number of hydrogen-bond donors (Lipinski definition) is 1. The molecule has 0 saturated heterocycles. The standard InChI is InChI=1S/C27H23Cl2N5O5S/c1-18-14-20(19(2)33(18)26-15-21(28)8-13-25(26)29)16-30-31-27(35)17-32(22-9-11-23(12-10-22)34(36)37)40(38,39)24-6-4-3-5-7-24/h3-16H,17H2,1-2H3,(H,31,35)/b30-16-. The predicted octanol–water partition coefficient (Wildman–Crippen LogP) is 5.65. The Bertz CT molecular complexity index is 1710. The van der Waals surface area contributed by atoms with Crippen LogP contribution in [0.3, 0.4) is 0 Å². The molecule has 4 rings (SSSR count). The van der Waals surface area contributed by atoms with Gasteiger partial charge in [0.1, 0.15) is 6.54 Å². The van der Waals surface area contributed by atoms with Crippen molar-refractivity contribution < 1.29 is 18.1 Å². The van der Waals surface area contributed by atoms with Crippen LogP contribution in [0.1, 0.15) is 17.0 Å². The van der Waals surface area contributed by atoms with E-state index in [0.717, 1.165) is 15.7 Å². The zero-order valence-corrected chi connectivity index (χ0v) is 23.6. The van der Waals surface area contributed by atoms with Gasteiger partial charge in [0.05, 0.1) is 32.4 Å². The first-order valence-electron chi connectivity index (χ1n) is 11.8. The van der Waals surface area contributed by atoms with Gasteiger partial charge in [-0.3, -0.25) is 19.2 Å². The highest BCUT2D eigenvalue weighted by molar-refractivity contribution is 7.92. The van der Waals surface area contributed by atoms with Crippen molar-refractivity contribution in [3.05, 3.63) is 116 Å². The number of aryl methyl sites for hydroxylation is 1. The second-order valence-electron chi connectivity index (χ2n) is 8.65. The van der Waals surface area contributed by atoms with E-state index in [2.05, 4.69) is 10.5 Å². The SMILES string of the molecule is Cc1cc(/C=N\NC(=O)CN(c2ccc([N+](=O)[O-])cc2)S(=O)(=O)c2ccccc2)c(C)n1-c1cc(Cl)ccc1Cl. The summed E-state index contributed by atoms with van der Waals surface area (Å²) in [6, 6.07) is 19.4. The summed E-state index contributed by atoms with van der Waals surface area (Å²) >= 11 is 12.5. The predicted molar refractivity (Wildman–Crippen MR) is 155 cm³/mol. The lowest BCUT2D eigenvalue weighted by molar-refractivity contribution is -0.384. The van der Waals surface area contributed by atoms with Crippen molar-refractivity contribution in [3.8, 4) is 5.69 Å². The number of carbonyl (C=O) groups is 1. The molecule has 1 amide bonds. The number of nitro benzene ring substituents is 1. The van der Waals surface area contributed by atoms with E-state index in [1.807, 2.05) is 24.5 Å². The van der Waals surface area contributed by atoms with E-state index in [1.165, 1.54) is 42.6 Å². The number of aromatic nitrogens is 1. The first-order valence-corrected chi connectivity index (χ1v) is 14.0. The molecule has 0 saturated carbocycles. The fourth-order valence-corrected chi connectivity index (χ4v) is 5.87. The fourth-order valence-electron chi connectivity index (χ4n) is 4.06. The van der Waals surface area contributed by atoms with E-state index in [1.54, 1.807) is 36.4 Å². The molecule has 40 heavy (non-hydrogen) atoms. The van der Waals surface area contributed by atoms with E-state index in [0.29, 0.717) is 21.3 Å². The van der Waals surface area contributed by atoms with E-state index >= 15 is 0 Å². The Labute approximate surface area is 240 Å². The maximum absolute atomic E-state index is 13.4. The molecule has 1 heterocycles. The Balaban J connectivity index is 1.57. The molecule has 1 N–H and O–H groups in total. The third kappa shape index (κ3) is 6.17. The quantitative estimate of drug-likeness (QED) is 0.151. The first-order chi connectivity index (χ1) is 19.0. The molecule has 206 valence electrons. The summed E-state index contributed by atoms with van der Waals surface area (Å²) in [5.74, 6) is -0.721. The van der Waals surface area contributed by atoms with Crippen molar-refractivity contribution in [3.63, 3.8) is 0 Å². The van der Waals surface area contributed by atoms with Gasteiger partial charge in [0, 0.05) is 34.1 Å². The average Bonchev–Trinajstić information content (AvgIpc) is 3.21. The minimum atomic E-state index is -4.18. The molecule has 0 spiro atoms. The number of anilines is 1. The zero-order chi connectivity index (χ0) is 29.0. The number of hydrogen-bond acceptors (Lipinski definition) is 6. The lowest BCUT2D eigenvalue weighted by Crippen LogP contribution is -2.39.